The highest BCUT2D eigenvalue weighted by molar-refractivity contribution is 5.60. The van der Waals surface area contributed by atoms with Crippen LogP contribution >= 0.6 is 0 Å². The summed E-state index contributed by atoms with van der Waals surface area (Å²) in [6, 6.07) is 11.4. The molecule has 5 nitrogen and oxygen atoms in total. The number of nitrogens with one attached hydrogen (secondary N) is 1. The van der Waals surface area contributed by atoms with Crippen LogP contribution < -0.4 is 15.1 Å². The normalized spacial score (nSPS) is 20.3. The van der Waals surface area contributed by atoms with E-state index in [1.807, 2.05) is 0 Å². The van der Waals surface area contributed by atoms with Gasteiger partial charge in [0, 0.05) is 48.8 Å². The summed E-state index contributed by atoms with van der Waals surface area (Å²) in [5, 5.41) is 3.42. The summed E-state index contributed by atoms with van der Waals surface area (Å²) in [5.74, 6) is 1.76. The van der Waals surface area contributed by atoms with Crippen LogP contribution in [0.3, 0.4) is 0 Å². The molecule has 2 aromatic rings. The maximum absolute atomic E-state index is 4.86. The summed E-state index contributed by atoms with van der Waals surface area (Å²) in [6.45, 7) is 7.77. The van der Waals surface area contributed by atoms with E-state index >= 15 is 0 Å². The van der Waals surface area contributed by atoms with Crippen molar-refractivity contribution in [3.8, 4) is 0 Å². The van der Waals surface area contributed by atoms with Gasteiger partial charge in [-0.3, -0.25) is 0 Å². The Balaban J connectivity index is 1.49. The van der Waals surface area contributed by atoms with Crippen LogP contribution in [0, 0.1) is 6.92 Å². The molecule has 28 heavy (non-hydrogen) atoms. The standard InChI is InChI=1S/C23H33N5/c1-3-20-9-5-8-16-28(20)22-17-18(2)24-23(26-22)25-19-10-12-21(13-11-19)27-14-6-4-7-15-27/h10-13,17,20H,3-9,14-16H2,1-2H3,(H,24,25,26). The summed E-state index contributed by atoms with van der Waals surface area (Å²) in [7, 11) is 0. The van der Waals surface area contributed by atoms with Crippen molar-refractivity contribution in [2.24, 2.45) is 0 Å². The fourth-order valence-electron chi connectivity index (χ4n) is 4.52. The minimum atomic E-state index is 0.597. The zero-order chi connectivity index (χ0) is 19.3. The number of nitrogens with zero attached hydrogens (tertiary/aromatic N) is 4. The molecule has 3 heterocycles. The van der Waals surface area contributed by atoms with Gasteiger partial charge in [0.1, 0.15) is 5.82 Å². The number of piperidine rings is 2. The van der Waals surface area contributed by atoms with Gasteiger partial charge in [0.05, 0.1) is 0 Å². The van der Waals surface area contributed by atoms with Crippen LogP contribution in [0.4, 0.5) is 23.1 Å². The van der Waals surface area contributed by atoms with Crippen molar-refractivity contribution >= 4 is 23.1 Å². The molecule has 0 saturated carbocycles. The molecule has 0 bridgehead atoms. The van der Waals surface area contributed by atoms with Crippen LogP contribution in [-0.4, -0.2) is 35.6 Å². The fraction of sp³-hybridized carbons (Fsp3) is 0.565. The lowest BCUT2D eigenvalue weighted by Crippen LogP contribution is -2.39. The third-order valence-corrected chi connectivity index (χ3v) is 6.08. The second-order valence-electron chi connectivity index (χ2n) is 8.16. The van der Waals surface area contributed by atoms with E-state index in [2.05, 4.69) is 64.3 Å². The fourth-order valence-corrected chi connectivity index (χ4v) is 4.52. The van der Waals surface area contributed by atoms with Gasteiger partial charge in [0.2, 0.25) is 5.95 Å². The third kappa shape index (κ3) is 4.40. The van der Waals surface area contributed by atoms with Gasteiger partial charge < -0.3 is 15.1 Å². The zero-order valence-corrected chi connectivity index (χ0v) is 17.3. The minimum absolute atomic E-state index is 0.597. The lowest BCUT2D eigenvalue weighted by Gasteiger charge is -2.36. The van der Waals surface area contributed by atoms with Crippen molar-refractivity contribution in [3.05, 3.63) is 36.0 Å². The van der Waals surface area contributed by atoms with Crippen LogP contribution in [0.15, 0.2) is 30.3 Å². The highest BCUT2D eigenvalue weighted by Gasteiger charge is 2.22. The predicted octanol–water partition coefficient (Wildman–Crippen LogP) is 5.29. The molecule has 2 fully saturated rings. The number of benzene rings is 1. The van der Waals surface area contributed by atoms with Gasteiger partial charge in [-0.1, -0.05) is 6.92 Å². The highest BCUT2D eigenvalue weighted by atomic mass is 15.3. The van der Waals surface area contributed by atoms with Crippen molar-refractivity contribution in [2.45, 2.75) is 64.8 Å². The molecule has 2 saturated heterocycles. The van der Waals surface area contributed by atoms with E-state index in [1.54, 1.807) is 0 Å². The molecule has 1 unspecified atom stereocenters. The van der Waals surface area contributed by atoms with Gasteiger partial charge in [-0.2, -0.15) is 4.98 Å². The summed E-state index contributed by atoms with van der Waals surface area (Å²) in [6.07, 6.45) is 8.97. The second kappa shape index (κ2) is 8.80. The number of aromatic nitrogens is 2. The van der Waals surface area contributed by atoms with Crippen LogP contribution in [0.5, 0.6) is 0 Å². The Morgan fingerprint density at radius 3 is 2.46 bits per heavy atom. The molecule has 0 spiro atoms. The van der Waals surface area contributed by atoms with Crippen LogP contribution in [-0.2, 0) is 0 Å². The largest absolute Gasteiger partial charge is 0.372 e. The topological polar surface area (TPSA) is 44.3 Å². The van der Waals surface area contributed by atoms with E-state index in [9.17, 15) is 0 Å². The van der Waals surface area contributed by atoms with Crippen LogP contribution in [0.25, 0.3) is 0 Å². The number of hydrogen-bond donors (Lipinski definition) is 1. The monoisotopic (exact) mass is 379 g/mol. The molecule has 1 aromatic heterocycles. The lowest BCUT2D eigenvalue weighted by molar-refractivity contribution is 0.446. The molecule has 150 valence electrons. The third-order valence-electron chi connectivity index (χ3n) is 6.08. The number of anilines is 4. The van der Waals surface area contributed by atoms with Gasteiger partial charge in [-0.25, -0.2) is 4.98 Å². The molecule has 1 N–H and O–H groups in total. The second-order valence-corrected chi connectivity index (χ2v) is 8.16. The molecule has 5 heteroatoms. The Labute approximate surface area is 169 Å². The first-order valence-corrected chi connectivity index (χ1v) is 11.0. The predicted molar refractivity (Wildman–Crippen MR) is 118 cm³/mol. The Morgan fingerprint density at radius 2 is 1.71 bits per heavy atom. The van der Waals surface area contributed by atoms with Crippen molar-refractivity contribution in [2.75, 3.05) is 34.8 Å². The van der Waals surface area contributed by atoms with E-state index in [0.717, 1.165) is 23.7 Å². The van der Waals surface area contributed by atoms with Gasteiger partial charge in [0.25, 0.3) is 0 Å². The average Bonchev–Trinajstić information content (AvgIpc) is 2.74. The molecular weight excluding hydrogens is 346 g/mol. The summed E-state index contributed by atoms with van der Waals surface area (Å²) >= 11 is 0. The van der Waals surface area contributed by atoms with E-state index in [1.165, 1.54) is 63.7 Å². The Kier molecular flexibility index (Phi) is 5.98. The minimum Gasteiger partial charge on any atom is -0.372 e. The maximum Gasteiger partial charge on any atom is 0.229 e. The quantitative estimate of drug-likeness (QED) is 0.765. The van der Waals surface area contributed by atoms with Crippen LogP contribution in [0.2, 0.25) is 0 Å². The van der Waals surface area contributed by atoms with Crippen LogP contribution in [0.1, 0.15) is 57.6 Å². The molecule has 2 aliphatic rings. The number of aryl methyl sites for hydroxylation is 1. The first-order chi connectivity index (χ1) is 13.7. The average molecular weight is 380 g/mol. The van der Waals surface area contributed by atoms with Gasteiger partial charge >= 0.3 is 0 Å². The van der Waals surface area contributed by atoms with E-state index < -0.39 is 0 Å². The van der Waals surface area contributed by atoms with Gasteiger partial charge in [-0.05, 0) is 76.1 Å². The highest BCUT2D eigenvalue weighted by Crippen LogP contribution is 2.27. The molecular formula is C23H33N5. The van der Waals surface area contributed by atoms with Crippen molar-refractivity contribution < 1.29 is 0 Å². The Morgan fingerprint density at radius 1 is 0.964 bits per heavy atom. The van der Waals surface area contributed by atoms with Crippen molar-refractivity contribution in [1.82, 2.24) is 9.97 Å². The first-order valence-electron chi connectivity index (χ1n) is 11.0. The Hall–Kier alpha value is -2.30. The first kappa shape index (κ1) is 19.0. The van der Waals surface area contributed by atoms with Gasteiger partial charge in [0.15, 0.2) is 0 Å². The zero-order valence-electron chi connectivity index (χ0n) is 17.3. The molecule has 1 aromatic carbocycles. The summed E-state index contributed by atoms with van der Waals surface area (Å²) in [4.78, 5) is 14.4. The number of hydrogen-bond acceptors (Lipinski definition) is 5. The smallest absolute Gasteiger partial charge is 0.229 e. The SMILES string of the molecule is CCC1CCCCN1c1cc(C)nc(Nc2ccc(N3CCCCC3)cc2)n1. The van der Waals surface area contributed by atoms with E-state index in [4.69, 9.17) is 4.98 Å². The molecule has 1 atom stereocenters. The molecule has 0 radical (unpaired) electrons. The van der Waals surface area contributed by atoms with E-state index in [-0.39, 0.29) is 0 Å². The Bertz CT molecular complexity index is 767. The van der Waals surface area contributed by atoms with Crippen molar-refractivity contribution in [1.29, 1.82) is 0 Å². The summed E-state index contributed by atoms with van der Waals surface area (Å²) < 4.78 is 0. The molecule has 0 amide bonds. The van der Waals surface area contributed by atoms with E-state index in [0.29, 0.717) is 12.0 Å². The molecule has 2 aliphatic heterocycles. The van der Waals surface area contributed by atoms with Crippen molar-refractivity contribution in [3.63, 3.8) is 0 Å². The molecule has 4 rings (SSSR count). The molecule has 0 aliphatic carbocycles. The lowest BCUT2D eigenvalue weighted by atomic mass is 10.00. The van der Waals surface area contributed by atoms with Gasteiger partial charge in [-0.15, -0.1) is 0 Å². The maximum atomic E-state index is 4.86. The number of rotatable bonds is 5. The summed E-state index contributed by atoms with van der Waals surface area (Å²) in [5.41, 5.74) is 3.37.